The molecule has 0 radical (unpaired) electrons. The van der Waals surface area contributed by atoms with Gasteiger partial charge >= 0.3 is 0 Å². The number of hydrogen-bond donors (Lipinski definition) is 1. The Hall–Kier alpha value is -1.64. The van der Waals surface area contributed by atoms with Crippen LogP contribution >= 0.6 is 0 Å². The largest absolute Gasteiger partial charge is 0.333 e. The van der Waals surface area contributed by atoms with Gasteiger partial charge in [-0.3, -0.25) is 9.78 Å². The third kappa shape index (κ3) is 2.54. The summed E-state index contributed by atoms with van der Waals surface area (Å²) < 4.78 is 0. The van der Waals surface area contributed by atoms with Gasteiger partial charge in [0.05, 0.1) is 6.42 Å². The fourth-order valence-corrected chi connectivity index (χ4v) is 0.851. The van der Waals surface area contributed by atoms with Crippen LogP contribution in [0.1, 0.15) is 5.56 Å². The maximum Gasteiger partial charge on any atom is 0.228 e. The Morgan fingerprint density at radius 3 is 2.83 bits per heavy atom. The molecule has 0 aromatic carbocycles. The molecule has 0 saturated heterocycles. The molecule has 12 heavy (non-hydrogen) atoms. The van der Waals surface area contributed by atoms with E-state index < -0.39 is 0 Å². The molecule has 1 aromatic heterocycles. The molecule has 1 N–H and O–H groups in total. The topological polar surface area (TPSA) is 42.0 Å². The van der Waals surface area contributed by atoms with Crippen molar-refractivity contribution in [3.8, 4) is 0 Å². The smallest absolute Gasteiger partial charge is 0.228 e. The molecule has 0 saturated carbocycles. The van der Waals surface area contributed by atoms with E-state index in [9.17, 15) is 4.79 Å². The highest BCUT2D eigenvalue weighted by Gasteiger charge is 1.98. The second-order valence-corrected chi connectivity index (χ2v) is 2.30. The summed E-state index contributed by atoms with van der Waals surface area (Å²) >= 11 is 0. The molecule has 1 rings (SSSR count). The molecule has 1 heterocycles. The van der Waals surface area contributed by atoms with E-state index in [4.69, 9.17) is 0 Å². The third-order valence-corrected chi connectivity index (χ3v) is 1.38. The van der Waals surface area contributed by atoms with Crippen LogP contribution in [-0.4, -0.2) is 10.9 Å². The van der Waals surface area contributed by atoms with Crippen molar-refractivity contribution in [1.82, 2.24) is 10.3 Å². The van der Waals surface area contributed by atoms with Crippen molar-refractivity contribution in [3.63, 3.8) is 0 Å². The second-order valence-electron chi connectivity index (χ2n) is 2.30. The lowest BCUT2D eigenvalue weighted by molar-refractivity contribution is -0.119. The predicted molar refractivity (Wildman–Crippen MR) is 46.3 cm³/mol. The minimum Gasteiger partial charge on any atom is -0.333 e. The number of aromatic nitrogens is 1. The van der Waals surface area contributed by atoms with Gasteiger partial charge in [-0.15, -0.1) is 0 Å². The minimum atomic E-state index is -0.0591. The molecule has 1 aromatic rings. The fourth-order valence-electron chi connectivity index (χ4n) is 0.851. The van der Waals surface area contributed by atoms with Gasteiger partial charge < -0.3 is 5.32 Å². The number of nitrogens with one attached hydrogen (secondary N) is 1. The van der Waals surface area contributed by atoms with E-state index in [0.717, 1.165) is 5.56 Å². The first-order valence-corrected chi connectivity index (χ1v) is 3.62. The SMILES string of the molecule is C=CNC(=O)Cc1ccncc1. The van der Waals surface area contributed by atoms with Gasteiger partial charge in [0, 0.05) is 12.4 Å². The first-order chi connectivity index (χ1) is 5.83. The van der Waals surface area contributed by atoms with Gasteiger partial charge in [-0.1, -0.05) is 6.58 Å². The average Bonchev–Trinajstić information content (AvgIpc) is 2.06. The Balaban J connectivity index is 2.52. The Labute approximate surface area is 71.1 Å². The van der Waals surface area contributed by atoms with Gasteiger partial charge in [0.1, 0.15) is 0 Å². The van der Waals surface area contributed by atoms with Crippen LogP contribution in [0.5, 0.6) is 0 Å². The van der Waals surface area contributed by atoms with Crippen molar-refractivity contribution in [2.24, 2.45) is 0 Å². The summed E-state index contributed by atoms with van der Waals surface area (Å²) in [4.78, 5) is 14.9. The molecular weight excluding hydrogens is 152 g/mol. The van der Waals surface area contributed by atoms with Crippen LogP contribution in [0.4, 0.5) is 0 Å². The minimum absolute atomic E-state index is 0.0591. The number of rotatable bonds is 3. The molecule has 0 aliphatic carbocycles. The summed E-state index contributed by atoms with van der Waals surface area (Å²) in [7, 11) is 0. The van der Waals surface area contributed by atoms with Crippen molar-refractivity contribution in [2.75, 3.05) is 0 Å². The normalized spacial score (nSPS) is 9.00. The van der Waals surface area contributed by atoms with Crippen molar-refractivity contribution in [2.45, 2.75) is 6.42 Å². The highest BCUT2D eigenvalue weighted by atomic mass is 16.1. The molecule has 0 atom stereocenters. The lowest BCUT2D eigenvalue weighted by atomic mass is 10.2. The van der Waals surface area contributed by atoms with Gasteiger partial charge in [-0.2, -0.15) is 0 Å². The van der Waals surface area contributed by atoms with E-state index in [1.54, 1.807) is 12.4 Å². The fraction of sp³-hybridized carbons (Fsp3) is 0.111. The lowest BCUT2D eigenvalue weighted by Gasteiger charge is -1.98. The van der Waals surface area contributed by atoms with E-state index in [2.05, 4.69) is 16.9 Å². The molecule has 3 nitrogen and oxygen atoms in total. The second kappa shape index (κ2) is 4.28. The summed E-state index contributed by atoms with van der Waals surface area (Å²) in [5, 5.41) is 2.50. The molecule has 1 amide bonds. The van der Waals surface area contributed by atoms with Crippen molar-refractivity contribution in [3.05, 3.63) is 42.9 Å². The quantitative estimate of drug-likeness (QED) is 0.717. The van der Waals surface area contributed by atoms with Gasteiger partial charge in [-0.25, -0.2) is 0 Å². The first-order valence-electron chi connectivity index (χ1n) is 3.62. The summed E-state index contributed by atoms with van der Waals surface area (Å²) in [6.07, 6.45) is 5.07. The van der Waals surface area contributed by atoms with Crippen LogP contribution in [-0.2, 0) is 11.2 Å². The van der Waals surface area contributed by atoms with Gasteiger partial charge in [0.15, 0.2) is 0 Å². The molecule has 0 fully saturated rings. The molecular formula is C9H10N2O. The maximum atomic E-state index is 11.0. The summed E-state index contributed by atoms with van der Waals surface area (Å²) in [6, 6.07) is 3.62. The molecule has 3 heteroatoms. The predicted octanol–water partition coefficient (Wildman–Crippen LogP) is 0.884. The molecule has 0 aliphatic heterocycles. The Morgan fingerprint density at radius 2 is 2.25 bits per heavy atom. The first kappa shape index (κ1) is 8.46. The van der Waals surface area contributed by atoms with E-state index in [1.807, 2.05) is 12.1 Å². The number of amides is 1. The van der Waals surface area contributed by atoms with Gasteiger partial charge in [-0.05, 0) is 23.9 Å². The summed E-state index contributed by atoms with van der Waals surface area (Å²) in [6.45, 7) is 3.40. The highest BCUT2D eigenvalue weighted by Crippen LogP contribution is 1.96. The number of hydrogen-bond acceptors (Lipinski definition) is 2. The van der Waals surface area contributed by atoms with Crippen LogP contribution in [0.25, 0.3) is 0 Å². The number of nitrogens with zero attached hydrogens (tertiary/aromatic N) is 1. The van der Waals surface area contributed by atoms with Crippen molar-refractivity contribution in [1.29, 1.82) is 0 Å². The van der Waals surface area contributed by atoms with E-state index in [0.29, 0.717) is 6.42 Å². The Morgan fingerprint density at radius 1 is 1.58 bits per heavy atom. The zero-order valence-corrected chi connectivity index (χ0v) is 6.66. The lowest BCUT2D eigenvalue weighted by Crippen LogP contribution is -2.18. The monoisotopic (exact) mass is 162 g/mol. The third-order valence-electron chi connectivity index (χ3n) is 1.38. The molecule has 62 valence electrons. The highest BCUT2D eigenvalue weighted by molar-refractivity contribution is 5.79. The van der Waals surface area contributed by atoms with E-state index in [1.165, 1.54) is 6.20 Å². The van der Waals surface area contributed by atoms with Gasteiger partial charge in [0.2, 0.25) is 5.91 Å². The Bertz CT molecular complexity index is 269. The number of carbonyl (C=O) groups excluding carboxylic acids is 1. The van der Waals surface area contributed by atoms with Crippen LogP contribution in [0.2, 0.25) is 0 Å². The molecule has 0 unspecified atom stereocenters. The zero-order valence-electron chi connectivity index (χ0n) is 6.66. The van der Waals surface area contributed by atoms with Crippen molar-refractivity contribution < 1.29 is 4.79 Å². The Kier molecular flexibility index (Phi) is 3.02. The molecule has 0 spiro atoms. The van der Waals surface area contributed by atoms with Crippen LogP contribution in [0, 0.1) is 0 Å². The summed E-state index contributed by atoms with van der Waals surface area (Å²) in [5.74, 6) is -0.0591. The van der Waals surface area contributed by atoms with E-state index >= 15 is 0 Å². The van der Waals surface area contributed by atoms with Crippen LogP contribution < -0.4 is 5.32 Å². The van der Waals surface area contributed by atoms with Crippen LogP contribution in [0.3, 0.4) is 0 Å². The van der Waals surface area contributed by atoms with E-state index in [-0.39, 0.29) is 5.91 Å². The van der Waals surface area contributed by atoms with Gasteiger partial charge in [0.25, 0.3) is 0 Å². The molecule has 0 bridgehead atoms. The summed E-state index contributed by atoms with van der Waals surface area (Å²) in [5.41, 5.74) is 0.948. The number of pyridine rings is 1. The van der Waals surface area contributed by atoms with Crippen molar-refractivity contribution >= 4 is 5.91 Å². The number of carbonyl (C=O) groups is 1. The standard InChI is InChI=1S/C9H10N2O/c1-2-11-9(12)7-8-3-5-10-6-4-8/h2-6H,1,7H2,(H,11,12). The van der Waals surface area contributed by atoms with Crippen LogP contribution in [0.15, 0.2) is 37.3 Å². The molecule has 0 aliphatic rings. The average molecular weight is 162 g/mol. The zero-order chi connectivity index (χ0) is 8.81. The maximum absolute atomic E-state index is 11.0.